The monoisotopic (exact) mass is 383 g/mol. The third-order valence-corrected chi connectivity index (χ3v) is 4.17. The third-order valence-electron chi connectivity index (χ3n) is 3.94. The molecule has 4 aromatic rings. The number of nitrogens with one attached hydrogen (secondary N) is 1. The normalized spacial score (nSPS) is 11.0. The summed E-state index contributed by atoms with van der Waals surface area (Å²) in [6.45, 7) is 0. The zero-order chi connectivity index (χ0) is 19.1. The van der Waals surface area contributed by atoms with E-state index in [9.17, 15) is 14.0 Å². The minimum Gasteiger partial charge on any atom is -0.364 e. The molecule has 7 nitrogen and oxygen atoms in total. The lowest BCUT2D eigenvalue weighted by atomic mass is 10.2. The van der Waals surface area contributed by atoms with Crippen molar-refractivity contribution in [3.05, 3.63) is 75.5 Å². The Morgan fingerprint density at radius 1 is 1.15 bits per heavy atom. The summed E-state index contributed by atoms with van der Waals surface area (Å²) in [4.78, 5) is 35.5. The van der Waals surface area contributed by atoms with Crippen molar-refractivity contribution in [1.82, 2.24) is 19.5 Å². The summed E-state index contributed by atoms with van der Waals surface area (Å²) < 4.78 is 14.5. The Morgan fingerprint density at radius 2 is 1.89 bits per heavy atom. The number of rotatable bonds is 3. The number of H-pyrrole nitrogens is 1. The van der Waals surface area contributed by atoms with Crippen LogP contribution in [0.5, 0.6) is 0 Å². The minimum absolute atomic E-state index is 0.0996. The summed E-state index contributed by atoms with van der Waals surface area (Å²) >= 11 is 6.02. The summed E-state index contributed by atoms with van der Waals surface area (Å²) in [5.41, 5.74) is 5.91. The van der Waals surface area contributed by atoms with Crippen LogP contribution in [0, 0.1) is 5.82 Å². The molecular weight excluding hydrogens is 373 g/mol. The van der Waals surface area contributed by atoms with Gasteiger partial charge in [0.2, 0.25) is 0 Å². The van der Waals surface area contributed by atoms with Gasteiger partial charge >= 0.3 is 5.69 Å². The van der Waals surface area contributed by atoms with Crippen molar-refractivity contribution < 1.29 is 9.18 Å². The molecule has 0 saturated heterocycles. The van der Waals surface area contributed by atoms with Crippen LogP contribution in [-0.4, -0.2) is 25.4 Å². The zero-order valence-electron chi connectivity index (χ0n) is 13.6. The van der Waals surface area contributed by atoms with Crippen LogP contribution in [0.3, 0.4) is 0 Å². The molecule has 0 atom stereocenters. The van der Waals surface area contributed by atoms with Crippen molar-refractivity contribution in [3.63, 3.8) is 0 Å². The van der Waals surface area contributed by atoms with Gasteiger partial charge in [-0.3, -0.25) is 4.79 Å². The molecule has 0 unspecified atom stereocenters. The maximum Gasteiger partial charge on any atom is 0.332 e. The van der Waals surface area contributed by atoms with Crippen molar-refractivity contribution in [2.75, 3.05) is 0 Å². The van der Waals surface area contributed by atoms with Gasteiger partial charge in [0.15, 0.2) is 17.2 Å². The maximum atomic E-state index is 13.2. The molecule has 3 N–H and O–H groups in total. The molecule has 0 aliphatic rings. The summed E-state index contributed by atoms with van der Waals surface area (Å²) in [6.07, 6.45) is 0. The van der Waals surface area contributed by atoms with E-state index in [1.807, 2.05) is 0 Å². The number of aromatic nitrogens is 4. The van der Waals surface area contributed by atoms with E-state index < -0.39 is 17.4 Å². The number of nitrogens with two attached hydrogens (primary N) is 1. The lowest BCUT2D eigenvalue weighted by molar-refractivity contribution is 0.0997. The lowest BCUT2D eigenvalue weighted by Gasteiger charge is -2.07. The standard InChI is InChI=1S/C18H11ClFN5O2/c19-10-3-1-2-9(8-10)16-22-13(15(21)26)14-17(24-16)25(18(27)23-14)12-6-4-11(20)5-7-12/h1-8H,(H2,21,26)(H,23,27). The Bertz CT molecular complexity index is 1250. The van der Waals surface area contributed by atoms with Gasteiger partial charge in [-0.1, -0.05) is 23.7 Å². The van der Waals surface area contributed by atoms with Crippen molar-refractivity contribution >= 4 is 28.7 Å². The number of imidazole rings is 1. The van der Waals surface area contributed by atoms with Gasteiger partial charge in [-0.05, 0) is 36.4 Å². The second kappa shape index (κ2) is 6.33. The van der Waals surface area contributed by atoms with E-state index >= 15 is 0 Å². The first kappa shape index (κ1) is 16.9. The van der Waals surface area contributed by atoms with Gasteiger partial charge < -0.3 is 10.7 Å². The Labute approximate surface area is 156 Å². The summed E-state index contributed by atoms with van der Waals surface area (Å²) in [6, 6.07) is 12.0. The van der Waals surface area contributed by atoms with Crippen LogP contribution in [0.25, 0.3) is 28.2 Å². The predicted octanol–water partition coefficient (Wildman–Crippen LogP) is 2.67. The molecule has 0 spiro atoms. The topological polar surface area (TPSA) is 107 Å². The molecule has 0 saturated carbocycles. The van der Waals surface area contributed by atoms with Gasteiger partial charge in [-0.2, -0.15) is 0 Å². The highest BCUT2D eigenvalue weighted by atomic mass is 35.5. The molecule has 0 aliphatic heterocycles. The first-order valence-electron chi connectivity index (χ1n) is 7.78. The van der Waals surface area contributed by atoms with E-state index in [2.05, 4.69) is 15.0 Å². The Hall–Kier alpha value is -3.52. The molecule has 0 fully saturated rings. The number of aromatic amines is 1. The molecule has 0 bridgehead atoms. The third kappa shape index (κ3) is 2.96. The van der Waals surface area contributed by atoms with Crippen molar-refractivity contribution in [3.8, 4) is 17.1 Å². The number of hydrogen-bond donors (Lipinski definition) is 2. The summed E-state index contributed by atoms with van der Waals surface area (Å²) in [5.74, 6) is -1.09. The second-order valence-corrected chi connectivity index (χ2v) is 6.15. The fourth-order valence-electron chi connectivity index (χ4n) is 2.75. The molecular formula is C18H11ClFN5O2. The Morgan fingerprint density at radius 3 is 2.56 bits per heavy atom. The Balaban J connectivity index is 2.06. The van der Waals surface area contributed by atoms with Gasteiger partial charge in [0, 0.05) is 10.6 Å². The number of halogens is 2. The second-order valence-electron chi connectivity index (χ2n) is 5.71. The first-order valence-corrected chi connectivity index (χ1v) is 8.16. The van der Waals surface area contributed by atoms with Crippen LogP contribution in [0.2, 0.25) is 5.02 Å². The number of hydrogen-bond acceptors (Lipinski definition) is 4. The van der Waals surface area contributed by atoms with Crippen LogP contribution in [0.15, 0.2) is 53.3 Å². The van der Waals surface area contributed by atoms with E-state index in [4.69, 9.17) is 17.3 Å². The summed E-state index contributed by atoms with van der Waals surface area (Å²) in [5, 5.41) is 0.460. The van der Waals surface area contributed by atoms with Crippen molar-refractivity contribution in [2.45, 2.75) is 0 Å². The van der Waals surface area contributed by atoms with Crippen LogP contribution in [-0.2, 0) is 0 Å². The van der Waals surface area contributed by atoms with Crippen LogP contribution < -0.4 is 11.4 Å². The number of amides is 1. The molecule has 2 aromatic carbocycles. The number of nitrogens with zero attached hydrogens (tertiary/aromatic N) is 3. The minimum atomic E-state index is -0.821. The number of fused-ring (bicyclic) bond motifs is 1. The van der Waals surface area contributed by atoms with Gasteiger partial charge in [-0.15, -0.1) is 0 Å². The van der Waals surface area contributed by atoms with E-state index in [1.165, 1.54) is 28.8 Å². The van der Waals surface area contributed by atoms with E-state index in [0.29, 0.717) is 16.3 Å². The molecule has 2 heterocycles. The van der Waals surface area contributed by atoms with Crippen molar-refractivity contribution in [1.29, 1.82) is 0 Å². The lowest BCUT2D eigenvalue weighted by Crippen LogP contribution is -2.15. The van der Waals surface area contributed by atoms with Crippen molar-refractivity contribution in [2.24, 2.45) is 5.73 Å². The smallest absolute Gasteiger partial charge is 0.332 e. The zero-order valence-corrected chi connectivity index (χ0v) is 14.4. The van der Waals surface area contributed by atoms with Crippen LogP contribution in [0.4, 0.5) is 4.39 Å². The molecule has 134 valence electrons. The van der Waals surface area contributed by atoms with E-state index in [-0.39, 0.29) is 22.7 Å². The largest absolute Gasteiger partial charge is 0.364 e. The quantitative estimate of drug-likeness (QED) is 0.567. The average molecular weight is 384 g/mol. The van der Waals surface area contributed by atoms with E-state index in [1.54, 1.807) is 24.3 Å². The maximum absolute atomic E-state index is 13.2. The van der Waals surface area contributed by atoms with Gasteiger partial charge in [0.1, 0.15) is 11.3 Å². The Kier molecular flexibility index (Phi) is 3.97. The van der Waals surface area contributed by atoms with Gasteiger partial charge in [-0.25, -0.2) is 23.7 Å². The first-order chi connectivity index (χ1) is 12.9. The van der Waals surface area contributed by atoms with Crippen LogP contribution in [0.1, 0.15) is 10.5 Å². The van der Waals surface area contributed by atoms with Crippen LogP contribution >= 0.6 is 11.6 Å². The van der Waals surface area contributed by atoms with Gasteiger partial charge in [0.05, 0.1) is 5.69 Å². The van der Waals surface area contributed by atoms with Gasteiger partial charge in [0.25, 0.3) is 5.91 Å². The SMILES string of the molecule is NC(=O)c1nc(-c2cccc(Cl)c2)nc2c1[nH]c(=O)n2-c1ccc(F)cc1. The predicted molar refractivity (Wildman–Crippen MR) is 98.4 cm³/mol. The molecule has 2 aromatic heterocycles. The number of benzene rings is 2. The number of primary amides is 1. The summed E-state index contributed by atoms with van der Waals surface area (Å²) in [7, 11) is 0. The van der Waals surface area contributed by atoms with E-state index in [0.717, 1.165) is 0 Å². The highest BCUT2D eigenvalue weighted by Crippen LogP contribution is 2.24. The molecule has 1 amide bonds. The fourth-order valence-corrected chi connectivity index (χ4v) is 2.94. The number of carbonyl (C=O) groups is 1. The number of carbonyl (C=O) groups excluding carboxylic acids is 1. The molecule has 0 aliphatic carbocycles. The molecule has 9 heteroatoms. The fraction of sp³-hybridized carbons (Fsp3) is 0. The highest BCUT2D eigenvalue weighted by Gasteiger charge is 2.20. The average Bonchev–Trinajstić information content (AvgIpc) is 2.97. The molecule has 27 heavy (non-hydrogen) atoms. The molecule has 4 rings (SSSR count). The molecule has 0 radical (unpaired) electrons. The highest BCUT2D eigenvalue weighted by molar-refractivity contribution is 6.30.